The van der Waals surface area contributed by atoms with Crippen molar-refractivity contribution < 1.29 is 19.4 Å². The average molecular weight is 462 g/mol. The number of benzene rings is 2. The molecule has 1 unspecified atom stereocenters. The zero-order valence-electron chi connectivity index (χ0n) is 19.2. The summed E-state index contributed by atoms with van der Waals surface area (Å²) >= 11 is 1.70. The van der Waals surface area contributed by atoms with Crippen LogP contribution in [0, 0.1) is 6.92 Å². The highest BCUT2D eigenvalue weighted by Gasteiger charge is 2.27. The predicted molar refractivity (Wildman–Crippen MR) is 132 cm³/mol. The summed E-state index contributed by atoms with van der Waals surface area (Å²) in [7, 11) is 3.09. The van der Waals surface area contributed by atoms with Gasteiger partial charge in [0.15, 0.2) is 17.3 Å². The number of Topliss-reactive ketones (excluding diaryl/α,β-unsaturated/α-hetero) is 1. The number of thiophene rings is 1. The molecule has 0 fully saturated rings. The maximum atomic E-state index is 12.8. The fourth-order valence-electron chi connectivity index (χ4n) is 3.92. The summed E-state index contributed by atoms with van der Waals surface area (Å²) in [6, 6.07) is 17.0. The molecule has 1 atom stereocenters. The van der Waals surface area contributed by atoms with Gasteiger partial charge in [-0.05, 0) is 56.2 Å². The van der Waals surface area contributed by atoms with Crippen LogP contribution in [0.3, 0.4) is 0 Å². The molecule has 170 valence electrons. The summed E-state index contributed by atoms with van der Waals surface area (Å²) < 4.78 is 11.8. The molecule has 2 aromatic carbocycles. The number of carbonyl (C=O) groups is 1. The van der Waals surface area contributed by atoms with Crippen LogP contribution in [0.2, 0.25) is 0 Å². The van der Waals surface area contributed by atoms with Crippen LogP contribution in [0.1, 0.15) is 41.4 Å². The zero-order chi connectivity index (χ0) is 23.6. The van der Waals surface area contributed by atoms with Gasteiger partial charge in [-0.15, -0.1) is 11.3 Å². The first-order valence-electron chi connectivity index (χ1n) is 10.8. The molecule has 0 radical (unpaired) electrons. The number of methoxy groups -OCH3 is 2. The number of ether oxygens (including phenoxy) is 2. The van der Waals surface area contributed by atoms with Gasteiger partial charge in [0.25, 0.3) is 0 Å². The first-order valence-corrected chi connectivity index (χ1v) is 11.6. The maximum Gasteiger partial charge on any atom is 0.163 e. The molecule has 0 saturated carbocycles. The van der Waals surface area contributed by atoms with Crippen LogP contribution in [-0.2, 0) is 5.60 Å². The Morgan fingerprint density at radius 2 is 1.82 bits per heavy atom. The molecule has 33 heavy (non-hydrogen) atoms. The zero-order valence-corrected chi connectivity index (χ0v) is 20.0. The van der Waals surface area contributed by atoms with Crippen LogP contribution in [0.25, 0.3) is 21.3 Å². The molecule has 0 aliphatic heterocycles. The maximum absolute atomic E-state index is 12.8. The second kappa shape index (κ2) is 9.33. The van der Waals surface area contributed by atoms with Crippen molar-refractivity contribution in [3.63, 3.8) is 0 Å². The monoisotopic (exact) mass is 461 g/mol. The smallest absolute Gasteiger partial charge is 0.163 e. The Morgan fingerprint density at radius 3 is 2.58 bits per heavy atom. The highest BCUT2D eigenvalue weighted by molar-refractivity contribution is 7.18. The summed E-state index contributed by atoms with van der Waals surface area (Å²) in [5.74, 6) is 0.993. The lowest BCUT2D eigenvalue weighted by Gasteiger charge is -2.23. The van der Waals surface area contributed by atoms with Crippen LogP contribution >= 0.6 is 11.3 Å². The number of carbonyl (C=O) groups excluding carboxylic acids is 1. The van der Waals surface area contributed by atoms with Crippen LogP contribution in [0.15, 0.2) is 60.0 Å². The molecule has 0 saturated heterocycles. The van der Waals surface area contributed by atoms with E-state index in [-0.39, 0.29) is 18.6 Å². The Hall–Kier alpha value is -3.22. The number of rotatable bonds is 8. The molecule has 4 rings (SSSR count). The fourth-order valence-corrected chi connectivity index (χ4v) is 4.97. The Balaban J connectivity index is 1.54. The molecule has 6 heteroatoms. The quantitative estimate of drug-likeness (QED) is 0.318. The number of ketones is 1. The minimum atomic E-state index is -1.25. The van der Waals surface area contributed by atoms with Crippen molar-refractivity contribution in [2.24, 2.45) is 0 Å². The van der Waals surface area contributed by atoms with Crippen molar-refractivity contribution in [2.75, 3.05) is 14.2 Å². The fraction of sp³-hybridized carbons (Fsp3) is 0.259. The number of hydrogen-bond acceptors (Lipinski definition) is 6. The van der Waals surface area contributed by atoms with Gasteiger partial charge in [-0.2, -0.15) is 0 Å². The van der Waals surface area contributed by atoms with Gasteiger partial charge >= 0.3 is 0 Å². The number of aliphatic hydroxyl groups is 1. The third kappa shape index (κ3) is 4.63. The highest BCUT2D eigenvalue weighted by Crippen LogP contribution is 2.36. The van der Waals surface area contributed by atoms with Crippen molar-refractivity contribution in [1.29, 1.82) is 0 Å². The molecular weight excluding hydrogens is 434 g/mol. The van der Waals surface area contributed by atoms with Gasteiger partial charge in [0.2, 0.25) is 0 Å². The molecule has 4 aromatic rings. The lowest BCUT2D eigenvalue weighted by atomic mass is 9.92. The van der Waals surface area contributed by atoms with E-state index in [4.69, 9.17) is 14.5 Å². The Labute approximate surface area is 197 Å². The minimum absolute atomic E-state index is 0.0771. The van der Waals surface area contributed by atoms with Crippen LogP contribution in [0.4, 0.5) is 0 Å². The Bertz CT molecular complexity index is 1310. The van der Waals surface area contributed by atoms with E-state index in [0.717, 1.165) is 16.6 Å². The number of hydrogen-bond donors (Lipinski definition) is 1. The van der Waals surface area contributed by atoms with E-state index in [2.05, 4.69) is 24.4 Å². The molecule has 2 aromatic heterocycles. The minimum Gasteiger partial charge on any atom is -0.493 e. The second-order valence-electron chi connectivity index (χ2n) is 8.28. The van der Waals surface area contributed by atoms with E-state index < -0.39 is 5.60 Å². The van der Waals surface area contributed by atoms with E-state index in [1.54, 1.807) is 43.6 Å². The molecule has 0 aliphatic carbocycles. The molecular formula is C27H27NO4S. The van der Waals surface area contributed by atoms with E-state index in [1.165, 1.54) is 17.4 Å². The summed E-state index contributed by atoms with van der Waals surface area (Å²) in [5.41, 5.74) is 2.93. The van der Waals surface area contributed by atoms with Crippen LogP contribution in [0.5, 0.6) is 11.5 Å². The highest BCUT2D eigenvalue weighted by atomic mass is 32.1. The van der Waals surface area contributed by atoms with Crippen molar-refractivity contribution in [3.8, 4) is 22.8 Å². The SMILES string of the molecule is COc1ccc(C(=O)CCC(C)(O)c2cccc(-c3csc4c(C)cccc34)n2)cc1OC. The lowest BCUT2D eigenvalue weighted by Crippen LogP contribution is -2.24. The molecule has 2 heterocycles. The van der Waals surface area contributed by atoms with E-state index in [9.17, 15) is 9.90 Å². The van der Waals surface area contributed by atoms with Crippen molar-refractivity contribution >= 4 is 27.2 Å². The Morgan fingerprint density at radius 1 is 1.06 bits per heavy atom. The molecule has 5 nitrogen and oxygen atoms in total. The van der Waals surface area contributed by atoms with E-state index in [1.807, 2.05) is 24.3 Å². The van der Waals surface area contributed by atoms with Crippen molar-refractivity contribution in [3.05, 3.63) is 76.8 Å². The van der Waals surface area contributed by atoms with Gasteiger partial charge < -0.3 is 14.6 Å². The largest absolute Gasteiger partial charge is 0.493 e. The van der Waals surface area contributed by atoms with Crippen LogP contribution in [-0.4, -0.2) is 30.1 Å². The molecule has 0 spiro atoms. The topological polar surface area (TPSA) is 68.7 Å². The van der Waals surface area contributed by atoms with Crippen molar-refractivity contribution in [1.82, 2.24) is 4.98 Å². The van der Waals surface area contributed by atoms with Gasteiger partial charge in [0.05, 0.1) is 25.6 Å². The summed E-state index contributed by atoms with van der Waals surface area (Å²) in [6.07, 6.45) is 0.426. The number of fused-ring (bicyclic) bond motifs is 1. The van der Waals surface area contributed by atoms with Gasteiger partial charge in [-0.1, -0.05) is 24.3 Å². The Kier molecular flexibility index (Phi) is 6.49. The third-order valence-corrected chi connectivity index (χ3v) is 7.05. The summed E-state index contributed by atoms with van der Waals surface area (Å²) in [5, 5.41) is 14.5. The molecule has 0 aliphatic rings. The molecule has 0 bridgehead atoms. The molecule has 1 N–H and O–H groups in total. The van der Waals surface area contributed by atoms with Gasteiger partial charge in [-0.25, -0.2) is 4.98 Å². The van der Waals surface area contributed by atoms with E-state index in [0.29, 0.717) is 22.8 Å². The number of nitrogens with zero attached hydrogens (tertiary/aromatic N) is 1. The number of pyridine rings is 1. The second-order valence-corrected chi connectivity index (χ2v) is 9.16. The van der Waals surface area contributed by atoms with Gasteiger partial charge in [0, 0.05) is 33.0 Å². The van der Waals surface area contributed by atoms with Gasteiger partial charge in [0.1, 0.15) is 5.60 Å². The predicted octanol–water partition coefficient (Wildman–Crippen LogP) is 6.16. The normalized spacial score (nSPS) is 13.0. The standard InChI is InChI=1S/C27H27NO4S/c1-17-7-5-8-19-20(16-33-26(17)19)21-9-6-10-25(28-21)27(2,30)14-13-22(29)18-11-12-23(31-3)24(15-18)32-4/h5-12,15-16,30H,13-14H2,1-4H3. The first-order chi connectivity index (χ1) is 15.8. The molecule has 0 amide bonds. The first kappa shape index (κ1) is 23.0. The van der Waals surface area contributed by atoms with Crippen molar-refractivity contribution in [2.45, 2.75) is 32.3 Å². The summed E-state index contributed by atoms with van der Waals surface area (Å²) in [6.45, 7) is 3.81. The van der Waals surface area contributed by atoms with Crippen LogP contribution < -0.4 is 9.47 Å². The number of aryl methyl sites for hydroxylation is 1. The lowest BCUT2D eigenvalue weighted by molar-refractivity contribution is 0.0398. The third-order valence-electron chi connectivity index (χ3n) is 5.92. The average Bonchev–Trinajstić information content (AvgIpc) is 3.28. The van der Waals surface area contributed by atoms with Gasteiger partial charge in [-0.3, -0.25) is 4.79 Å². The number of aromatic nitrogens is 1. The summed E-state index contributed by atoms with van der Waals surface area (Å²) in [4.78, 5) is 17.6. The van der Waals surface area contributed by atoms with E-state index >= 15 is 0 Å².